The van der Waals surface area contributed by atoms with Crippen LogP contribution in [0.2, 0.25) is 0 Å². The van der Waals surface area contributed by atoms with Crippen molar-refractivity contribution in [1.29, 1.82) is 0 Å². The molecule has 0 aromatic rings. The Morgan fingerprint density at radius 1 is 1.22 bits per heavy atom. The van der Waals surface area contributed by atoms with Gasteiger partial charge in [0.25, 0.3) is 5.91 Å². The molecule has 2 aliphatic rings. The second-order valence-electron chi connectivity index (χ2n) is 7.29. The Kier molecular flexibility index (Phi) is 5.65. The van der Waals surface area contributed by atoms with Crippen LogP contribution in [0, 0.1) is 5.92 Å². The Morgan fingerprint density at radius 3 is 2.30 bits per heavy atom. The fourth-order valence-electron chi connectivity index (χ4n) is 3.27. The summed E-state index contributed by atoms with van der Waals surface area (Å²) >= 11 is 0. The minimum absolute atomic E-state index is 0.0300. The number of nitrogens with one attached hydrogen (secondary N) is 2. The monoisotopic (exact) mass is 323 g/mol. The molecule has 0 bridgehead atoms. The zero-order chi connectivity index (χ0) is 17.0. The van der Waals surface area contributed by atoms with E-state index in [-0.39, 0.29) is 30.3 Å². The van der Waals surface area contributed by atoms with Crippen LogP contribution in [0.15, 0.2) is 0 Å². The average molecular weight is 323 g/mol. The number of amides is 4. The molecule has 1 saturated carbocycles. The largest absolute Gasteiger partial charge is 0.352 e. The molecule has 1 heterocycles. The van der Waals surface area contributed by atoms with Crippen molar-refractivity contribution in [2.45, 2.75) is 77.3 Å². The van der Waals surface area contributed by atoms with Crippen molar-refractivity contribution in [3.8, 4) is 0 Å². The van der Waals surface area contributed by atoms with Crippen LogP contribution < -0.4 is 10.6 Å². The van der Waals surface area contributed by atoms with Gasteiger partial charge in [0.1, 0.15) is 12.1 Å². The van der Waals surface area contributed by atoms with E-state index in [1.54, 1.807) is 6.92 Å². The van der Waals surface area contributed by atoms with Crippen molar-refractivity contribution in [1.82, 2.24) is 15.5 Å². The van der Waals surface area contributed by atoms with Crippen LogP contribution in [-0.2, 0) is 9.59 Å². The number of nitrogens with zero attached hydrogens (tertiary/aromatic N) is 1. The summed E-state index contributed by atoms with van der Waals surface area (Å²) in [5, 5.41) is 5.71. The summed E-state index contributed by atoms with van der Waals surface area (Å²) in [5.74, 6) is -0.588. The predicted molar refractivity (Wildman–Crippen MR) is 87.7 cm³/mol. The van der Waals surface area contributed by atoms with Crippen molar-refractivity contribution >= 4 is 17.8 Å². The summed E-state index contributed by atoms with van der Waals surface area (Å²) < 4.78 is 0. The molecule has 0 radical (unpaired) electrons. The second kappa shape index (κ2) is 7.32. The second-order valence-corrected chi connectivity index (χ2v) is 7.29. The molecule has 1 aliphatic heterocycles. The number of hydrogen-bond donors (Lipinski definition) is 2. The summed E-state index contributed by atoms with van der Waals surface area (Å²) in [7, 11) is 0. The lowest BCUT2D eigenvalue weighted by atomic mass is 9.88. The molecule has 0 aromatic heterocycles. The van der Waals surface area contributed by atoms with E-state index in [4.69, 9.17) is 0 Å². The lowest BCUT2D eigenvalue weighted by Gasteiger charge is -2.26. The summed E-state index contributed by atoms with van der Waals surface area (Å²) in [5.41, 5.74) is -0.919. The highest BCUT2D eigenvalue weighted by atomic mass is 16.2. The number of carbonyl (C=O) groups excluding carboxylic acids is 3. The van der Waals surface area contributed by atoms with Crippen molar-refractivity contribution in [2.24, 2.45) is 5.92 Å². The molecule has 4 amide bonds. The number of rotatable bonds is 4. The lowest BCUT2D eigenvalue weighted by Crippen LogP contribution is -2.49. The van der Waals surface area contributed by atoms with E-state index in [1.807, 2.05) is 13.8 Å². The maximum Gasteiger partial charge on any atom is 0.325 e. The van der Waals surface area contributed by atoms with Gasteiger partial charge in [-0.2, -0.15) is 0 Å². The van der Waals surface area contributed by atoms with Gasteiger partial charge < -0.3 is 10.6 Å². The van der Waals surface area contributed by atoms with Gasteiger partial charge in [0, 0.05) is 6.04 Å². The van der Waals surface area contributed by atoms with Gasteiger partial charge in [-0.3, -0.25) is 14.5 Å². The highest BCUT2D eigenvalue weighted by Crippen LogP contribution is 2.25. The maximum atomic E-state index is 12.5. The van der Waals surface area contributed by atoms with Gasteiger partial charge in [0.15, 0.2) is 0 Å². The lowest BCUT2D eigenvalue weighted by molar-refractivity contribution is -0.135. The molecule has 6 heteroatoms. The number of hydrogen-bond acceptors (Lipinski definition) is 3. The summed E-state index contributed by atoms with van der Waals surface area (Å²) in [6.07, 6.45) is 7.92. The molecule has 2 rings (SSSR count). The van der Waals surface area contributed by atoms with E-state index in [9.17, 15) is 14.4 Å². The van der Waals surface area contributed by atoms with Crippen LogP contribution in [-0.4, -0.2) is 40.9 Å². The molecule has 23 heavy (non-hydrogen) atoms. The van der Waals surface area contributed by atoms with E-state index < -0.39 is 11.6 Å². The number of carbonyl (C=O) groups is 3. The van der Waals surface area contributed by atoms with E-state index in [1.165, 1.54) is 19.3 Å². The third-order valence-corrected chi connectivity index (χ3v) is 5.23. The molecule has 130 valence electrons. The smallest absolute Gasteiger partial charge is 0.325 e. The average Bonchev–Trinajstić information content (AvgIpc) is 2.66. The first-order valence-electron chi connectivity index (χ1n) is 8.78. The van der Waals surface area contributed by atoms with Crippen LogP contribution in [0.1, 0.15) is 65.7 Å². The molecule has 0 spiro atoms. The normalized spacial score (nSPS) is 26.9. The number of urea groups is 1. The van der Waals surface area contributed by atoms with Gasteiger partial charge in [0.2, 0.25) is 5.91 Å². The van der Waals surface area contributed by atoms with Crippen LogP contribution in [0.3, 0.4) is 0 Å². The van der Waals surface area contributed by atoms with Gasteiger partial charge in [-0.1, -0.05) is 46.0 Å². The first-order chi connectivity index (χ1) is 10.8. The van der Waals surface area contributed by atoms with Gasteiger partial charge >= 0.3 is 6.03 Å². The van der Waals surface area contributed by atoms with Gasteiger partial charge in [0.05, 0.1) is 0 Å². The predicted octanol–water partition coefficient (Wildman–Crippen LogP) is 2.18. The van der Waals surface area contributed by atoms with Crippen molar-refractivity contribution < 1.29 is 14.4 Å². The SMILES string of the molecule is CC(C)[C@@]1(C)NC(=O)N(CC(=O)NC2CCCCCCC2)C1=O. The molecule has 1 aliphatic carbocycles. The Balaban J connectivity index is 1.92. The molecule has 1 atom stereocenters. The number of imide groups is 1. The highest BCUT2D eigenvalue weighted by Gasteiger charge is 2.50. The van der Waals surface area contributed by atoms with Crippen LogP contribution in [0.4, 0.5) is 4.79 Å². The third kappa shape index (κ3) is 4.03. The molecule has 2 N–H and O–H groups in total. The van der Waals surface area contributed by atoms with E-state index in [0.717, 1.165) is 30.6 Å². The molecular weight excluding hydrogens is 294 g/mol. The molecule has 6 nitrogen and oxygen atoms in total. The first kappa shape index (κ1) is 17.8. The summed E-state index contributed by atoms with van der Waals surface area (Å²) in [6.45, 7) is 5.29. The zero-order valence-corrected chi connectivity index (χ0v) is 14.5. The zero-order valence-electron chi connectivity index (χ0n) is 14.5. The van der Waals surface area contributed by atoms with Gasteiger partial charge in [-0.25, -0.2) is 4.79 Å². The standard InChI is InChI=1S/C17H29N3O3/c1-12(2)17(3)15(22)20(16(23)19-17)11-14(21)18-13-9-7-5-4-6-8-10-13/h12-13H,4-11H2,1-3H3,(H,18,21)(H,19,23)/t17-/m1/s1. The minimum Gasteiger partial charge on any atom is -0.352 e. The van der Waals surface area contributed by atoms with E-state index in [0.29, 0.717) is 0 Å². The fraction of sp³-hybridized carbons (Fsp3) is 0.824. The Bertz CT molecular complexity index is 470. The van der Waals surface area contributed by atoms with Crippen LogP contribution in [0.5, 0.6) is 0 Å². The van der Waals surface area contributed by atoms with Crippen molar-refractivity contribution in [2.75, 3.05) is 6.54 Å². The van der Waals surface area contributed by atoms with Gasteiger partial charge in [-0.15, -0.1) is 0 Å². The minimum atomic E-state index is -0.919. The molecule has 0 aromatic carbocycles. The summed E-state index contributed by atoms with van der Waals surface area (Å²) in [6, 6.07) is -0.306. The first-order valence-corrected chi connectivity index (χ1v) is 8.78. The molecule has 0 unspecified atom stereocenters. The van der Waals surface area contributed by atoms with Crippen molar-refractivity contribution in [3.63, 3.8) is 0 Å². The molecular formula is C17H29N3O3. The highest BCUT2D eigenvalue weighted by molar-refractivity contribution is 6.08. The quantitative estimate of drug-likeness (QED) is 0.778. The maximum absolute atomic E-state index is 12.5. The molecule has 2 fully saturated rings. The molecule has 1 saturated heterocycles. The van der Waals surface area contributed by atoms with E-state index in [2.05, 4.69) is 10.6 Å². The summed E-state index contributed by atoms with van der Waals surface area (Å²) in [4.78, 5) is 37.8. The third-order valence-electron chi connectivity index (χ3n) is 5.23. The topological polar surface area (TPSA) is 78.5 Å². The Labute approximate surface area is 138 Å². The Hall–Kier alpha value is -1.59. The van der Waals surface area contributed by atoms with Crippen molar-refractivity contribution in [3.05, 3.63) is 0 Å². The fourth-order valence-corrected chi connectivity index (χ4v) is 3.27. The van der Waals surface area contributed by atoms with Gasteiger partial charge in [-0.05, 0) is 25.7 Å². The Morgan fingerprint density at radius 2 is 1.78 bits per heavy atom. The van der Waals surface area contributed by atoms with Crippen LogP contribution in [0.25, 0.3) is 0 Å². The van der Waals surface area contributed by atoms with E-state index >= 15 is 0 Å². The van der Waals surface area contributed by atoms with Crippen LogP contribution >= 0.6 is 0 Å².